The number of carbonyl (C=O) groups is 1. The smallest absolute Gasteiger partial charge is 0.269 e. The van der Waals surface area contributed by atoms with Crippen molar-refractivity contribution in [3.8, 4) is 17.4 Å². The Morgan fingerprint density at radius 1 is 1.19 bits per heavy atom. The molecule has 1 aliphatic heterocycles. The van der Waals surface area contributed by atoms with Crippen LogP contribution >= 0.6 is 0 Å². The number of hydrogen-bond acceptors (Lipinski definition) is 6. The number of amides is 1. The number of nitro benzene ring substituents is 1. The van der Waals surface area contributed by atoms with E-state index in [-0.39, 0.29) is 17.2 Å². The van der Waals surface area contributed by atoms with Gasteiger partial charge in [-0.1, -0.05) is 0 Å². The number of hydrogen-bond donors (Lipinski definition) is 0. The van der Waals surface area contributed by atoms with Gasteiger partial charge >= 0.3 is 0 Å². The van der Waals surface area contributed by atoms with Gasteiger partial charge < -0.3 is 14.1 Å². The molecule has 0 atom stereocenters. The van der Waals surface area contributed by atoms with Crippen LogP contribution in [0, 0.1) is 21.4 Å². The summed E-state index contributed by atoms with van der Waals surface area (Å²) in [5, 5.41) is 20.0. The van der Waals surface area contributed by atoms with E-state index in [4.69, 9.17) is 9.15 Å². The van der Waals surface area contributed by atoms with Crippen molar-refractivity contribution in [3.63, 3.8) is 0 Å². The van der Waals surface area contributed by atoms with Gasteiger partial charge in [0.1, 0.15) is 23.2 Å². The maximum absolute atomic E-state index is 12.4. The summed E-state index contributed by atoms with van der Waals surface area (Å²) in [6, 6.07) is 11.2. The van der Waals surface area contributed by atoms with Crippen LogP contribution in [0.15, 0.2) is 46.4 Å². The Morgan fingerprint density at radius 3 is 2.50 bits per heavy atom. The van der Waals surface area contributed by atoms with Gasteiger partial charge in [-0.15, -0.1) is 0 Å². The van der Waals surface area contributed by atoms with E-state index in [1.807, 2.05) is 6.07 Å². The highest BCUT2D eigenvalue weighted by Gasteiger charge is 2.21. The largest absolute Gasteiger partial charge is 0.457 e. The van der Waals surface area contributed by atoms with E-state index in [1.54, 1.807) is 29.2 Å². The summed E-state index contributed by atoms with van der Waals surface area (Å²) in [6.45, 7) is 1.80. The number of non-ortho nitro benzene ring substituents is 1. The molecule has 1 aromatic heterocycles. The van der Waals surface area contributed by atoms with Gasteiger partial charge in [0.25, 0.3) is 11.6 Å². The van der Waals surface area contributed by atoms with Crippen molar-refractivity contribution in [2.75, 3.05) is 26.3 Å². The van der Waals surface area contributed by atoms with Crippen LogP contribution in [0.5, 0.6) is 0 Å². The summed E-state index contributed by atoms with van der Waals surface area (Å²) in [7, 11) is 0. The average molecular weight is 353 g/mol. The van der Waals surface area contributed by atoms with Crippen LogP contribution in [-0.2, 0) is 9.53 Å². The SMILES string of the molecule is N#C/C(=C/c1ccc(-c2ccc([N+](=O)[O-])cc2)o1)C(=O)N1CCOCC1. The normalized spacial score (nSPS) is 14.7. The highest BCUT2D eigenvalue weighted by atomic mass is 16.6. The van der Waals surface area contributed by atoms with E-state index in [0.29, 0.717) is 43.4 Å². The number of nitro groups is 1. The summed E-state index contributed by atoms with van der Waals surface area (Å²) in [5.41, 5.74) is 0.632. The molecule has 0 saturated carbocycles. The second kappa shape index (κ2) is 7.63. The van der Waals surface area contributed by atoms with E-state index >= 15 is 0 Å². The molecule has 0 bridgehead atoms. The van der Waals surface area contributed by atoms with Gasteiger partial charge in [-0.25, -0.2) is 0 Å². The van der Waals surface area contributed by atoms with Crippen molar-refractivity contribution >= 4 is 17.7 Å². The molecule has 132 valence electrons. The van der Waals surface area contributed by atoms with Gasteiger partial charge in [0.05, 0.1) is 18.1 Å². The summed E-state index contributed by atoms with van der Waals surface area (Å²) >= 11 is 0. The van der Waals surface area contributed by atoms with Gasteiger partial charge in [0.15, 0.2) is 0 Å². The lowest BCUT2D eigenvalue weighted by Crippen LogP contribution is -2.41. The van der Waals surface area contributed by atoms with Gasteiger partial charge in [-0.3, -0.25) is 14.9 Å². The quantitative estimate of drug-likeness (QED) is 0.362. The lowest BCUT2D eigenvalue weighted by Gasteiger charge is -2.26. The number of morpholine rings is 1. The average Bonchev–Trinajstić information content (AvgIpc) is 3.15. The zero-order valence-corrected chi connectivity index (χ0v) is 13.8. The molecule has 2 aromatic rings. The lowest BCUT2D eigenvalue weighted by molar-refractivity contribution is -0.384. The number of nitriles is 1. The molecule has 1 fully saturated rings. The zero-order valence-electron chi connectivity index (χ0n) is 13.8. The first-order chi connectivity index (χ1) is 12.6. The number of benzene rings is 1. The molecule has 2 heterocycles. The van der Waals surface area contributed by atoms with E-state index in [2.05, 4.69) is 0 Å². The lowest BCUT2D eigenvalue weighted by atomic mass is 10.1. The van der Waals surface area contributed by atoms with Gasteiger partial charge in [-0.05, 0) is 24.3 Å². The van der Waals surface area contributed by atoms with Crippen molar-refractivity contribution in [2.45, 2.75) is 0 Å². The van der Waals surface area contributed by atoms with E-state index in [1.165, 1.54) is 18.2 Å². The highest BCUT2D eigenvalue weighted by Crippen LogP contribution is 2.25. The van der Waals surface area contributed by atoms with Crippen molar-refractivity contribution in [2.24, 2.45) is 0 Å². The Labute approximate surface area is 149 Å². The molecule has 0 unspecified atom stereocenters. The Morgan fingerprint density at radius 2 is 1.88 bits per heavy atom. The van der Waals surface area contributed by atoms with Crippen LogP contribution in [0.2, 0.25) is 0 Å². The Hall–Kier alpha value is -3.44. The standard InChI is InChI=1S/C18H15N3O5/c19-12-14(18(22)20-7-9-25-10-8-20)11-16-5-6-17(26-16)13-1-3-15(4-2-13)21(23)24/h1-6,11H,7-10H2/b14-11-. The maximum Gasteiger partial charge on any atom is 0.269 e. The van der Waals surface area contributed by atoms with Crippen LogP contribution in [0.25, 0.3) is 17.4 Å². The van der Waals surface area contributed by atoms with E-state index in [0.717, 1.165) is 0 Å². The van der Waals surface area contributed by atoms with Gasteiger partial charge in [-0.2, -0.15) is 5.26 Å². The summed E-state index contributed by atoms with van der Waals surface area (Å²) < 4.78 is 10.8. The van der Waals surface area contributed by atoms with E-state index in [9.17, 15) is 20.2 Å². The number of nitrogens with zero attached hydrogens (tertiary/aromatic N) is 3. The molecule has 0 N–H and O–H groups in total. The first-order valence-corrected chi connectivity index (χ1v) is 7.92. The number of ether oxygens (including phenoxy) is 1. The highest BCUT2D eigenvalue weighted by molar-refractivity contribution is 6.01. The van der Waals surface area contributed by atoms with Crippen LogP contribution < -0.4 is 0 Å². The minimum Gasteiger partial charge on any atom is -0.457 e. The van der Waals surface area contributed by atoms with Crippen molar-refractivity contribution < 1.29 is 18.9 Å². The number of furan rings is 1. The molecule has 1 aromatic carbocycles. The molecule has 8 nitrogen and oxygen atoms in total. The molecule has 1 saturated heterocycles. The molecule has 1 aliphatic rings. The first-order valence-electron chi connectivity index (χ1n) is 7.92. The van der Waals surface area contributed by atoms with Gasteiger partial charge in [0, 0.05) is 36.9 Å². The summed E-state index contributed by atoms with van der Waals surface area (Å²) in [5.74, 6) is 0.489. The minimum atomic E-state index is -0.476. The molecule has 26 heavy (non-hydrogen) atoms. The second-order valence-corrected chi connectivity index (χ2v) is 5.58. The summed E-state index contributed by atoms with van der Waals surface area (Å²) in [4.78, 5) is 24.2. The summed E-state index contributed by atoms with van der Waals surface area (Å²) in [6.07, 6.45) is 1.40. The fourth-order valence-electron chi connectivity index (χ4n) is 2.55. The Balaban J connectivity index is 1.79. The van der Waals surface area contributed by atoms with Crippen molar-refractivity contribution in [1.82, 2.24) is 4.90 Å². The predicted octanol–water partition coefficient (Wildman–Crippen LogP) is 2.62. The third kappa shape index (κ3) is 3.79. The fourth-order valence-corrected chi connectivity index (χ4v) is 2.55. The van der Waals surface area contributed by atoms with Crippen LogP contribution in [0.1, 0.15) is 5.76 Å². The molecule has 8 heteroatoms. The second-order valence-electron chi connectivity index (χ2n) is 5.58. The Bertz CT molecular complexity index is 886. The molecule has 0 aliphatic carbocycles. The number of rotatable bonds is 4. The molecular weight excluding hydrogens is 338 g/mol. The van der Waals surface area contributed by atoms with Crippen LogP contribution in [0.4, 0.5) is 5.69 Å². The molecular formula is C18H15N3O5. The number of carbonyl (C=O) groups excluding carboxylic acids is 1. The van der Waals surface area contributed by atoms with Crippen LogP contribution in [-0.4, -0.2) is 42.0 Å². The minimum absolute atomic E-state index is 0.0108. The molecule has 1 amide bonds. The third-order valence-electron chi connectivity index (χ3n) is 3.93. The Kier molecular flexibility index (Phi) is 5.10. The maximum atomic E-state index is 12.4. The zero-order chi connectivity index (χ0) is 18.5. The first kappa shape index (κ1) is 17.4. The van der Waals surface area contributed by atoms with Crippen LogP contribution in [0.3, 0.4) is 0 Å². The van der Waals surface area contributed by atoms with Gasteiger partial charge in [0.2, 0.25) is 0 Å². The predicted molar refractivity (Wildman–Crippen MR) is 91.8 cm³/mol. The topological polar surface area (TPSA) is 110 Å². The fraction of sp³-hybridized carbons (Fsp3) is 0.222. The molecule has 0 spiro atoms. The third-order valence-corrected chi connectivity index (χ3v) is 3.93. The van der Waals surface area contributed by atoms with E-state index < -0.39 is 4.92 Å². The van der Waals surface area contributed by atoms with Crippen molar-refractivity contribution in [1.29, 1.82) is 5.26 Å². The van der Waals surface area contributed by atoms with Crippen molar-refractivity contribution in [3.05, 3.63) is 57.8 Å². The molecule has 3 rings (SSSR count). The monoisotopic (exact) mass is 353 g/mol. The molecule has 0 radical (unpaired) electrons.